The van der Waals surface area contributed by atoms with Gasteiger partial charge < -0.3 is 0 Å². The summed E-state index contributed by atoms with van der Waals surface area (Å²) in [6.07, 6.45) is 0. The van der Waals surface area contributed by atoms with Crippen LogP contribution in [-0.4, -0.2) is 8.42 Å². The highest BCUT2D eigenvalue weighted by molar-refractivity contribution is 7.89. The summed E-state index contributed by atoms with van der Waals surface area (Å²) in [6, 6.07) is 6.00. The van der Waals surface area contributed by atoms with Gasteiger partial charge in [0.1, 0.15) is 5.69 Å². The van der Waals surface area contributed by atoms with E-state index in [1.54, 1.807) is 0 Å². The maximum absolute atomic E-state index is 10.7. The minimum atomic E-state index is -3.75. The van der Waals surface area contributed by atoms with Gasteiger partial charge >= 0.3 is 0 Å². The molecule has 0 amide bonds. The first kappa shape index (κ1) is 8.82. The van der Waals surface area contributed by atoms with Crippen LogP contribution < -0.4 is 5.14 Å². The van der Waals surface area contributed by atoms with Gasteiger partial charge in [-0.3, -0.25) is 0 Å². The van der Waals surface area contributed by atoms with Gasteiger partial charge in [0.2, 0.25) is 10.0 Å². The van der Waals surface area contributed by atoms with Crippen LogP contribution in [0.25, 0.3) is 0 Å². The summed E-state index contributed by atoms with van der Waals surface area (Å²) < 4.78 is 21.4. The minimum absolute atomic E-state index is 0.0819. The van der Waals surface area contributed by atoms with Gasteiger partial charge in [0.05, 0.1) is 4.90 Å². The number of rotatable bonds is 2. The van der Waals surface area contributed by atoms with Crippen LogP contribution in [0.4, 0.5) is 5.69 Å². The molecule has 0 heterocycles. The van der Waals surface area contributed by atoms with Gasteiger partial charge in [-0.25, -0.2) is 13.6 Å². The molecule has 0 fully saturated rings. The maximum atomic E-state index is 10.7. The van der Waals surface area contributed by atoms with Gasteiger partial charge in [-0.2, -0.15) is 0 Å². The van der Waals surface area contributed by atoms with Crippen molar-refractivity contribution in [2.45, 2.75) is 4.90 Å². The second-order valence-electron chi connectivity index (χ2n) is 2.05. The molecule has 0 unspecified atom stereocenters. The molecule has 1 aromatic carbocycles. The number of nitrogens with zero attached hydrogens (tertiary/aromatic N) is 1. The van der Waals surface area contributed by atoms with Crippen LogP contribution in [0, 0.1) is 11.0 Å². The Labute approximate surface area is 69.2 Å². The van der Waals surface area contributed by atoms with Crippen molar-refractivity contribution in [2.75, 3.05) is 0 Å². The van der Waals surface area contributed by atoms with Crippen molar-refractivity contribution in [1.82, 2.24) is 0 Å². The van der Waals surface area contributed by atoms with E-state index in [1.165, 1.54) is 12.1 Å². The predicted octanol–water partition coefficient (Wildman–Crippen LogP) is 0.532. The zero-order valence-corrected chi connectivity index (χ0v) is 6.71. The van der Waals surface area contributed by atoms with E-state index in [1.807, 2.05) is 0 Å². The van der Waals surface area contributed by atoms with E-state index in [0.717, 1.165) is 6.07 Å². The first-order chi connectivity index (χ1) is 5.54. The Morgan fingerprint density at radius 3 is 2.67 bits per heavy atom. The molecule has 1 aromatic rings. The van der Waals surface area contributed by atoms with Crippen molar-refractivity contribution in [1.29, 1.82) is 0 Å². The quantitative estimate of drug-likeness (QED) is 0.681. The molecular formula is C6H5N2O3S. The molecular weight excluding hydrogens is 180 g/mol. The van der Waals surface area contributed by atoms with Crippen LogP contribution in [0.2, 0.25) is 0 Å². The molecule has 0 atom stereocenters. The van der Waals surface area contributed by atoms with Crippen LogP contribution in [0.15, 0.2) is 28.3 Å². The van der Waals surface area contributed by atoms with Crippen LogP contribution in [0.3, 0.4) is 0 Å². The lowest BCUT2D eigenvalue weighted by atomic mass is 10.3. The Kier molecular flexibility index (Phi) is 2.20. The summed E-state index contributed by atoms with van der Waals surface area (Å²) in [4.78, 5) is 9.83. The monoisotopic (exact) mass is 185 g/mol. The zero-order valence-electron chi connectivity index (χ0n) is 5.89. The fraction of sp³-hybridized carbons (Fsp3) is 0. The van der Waals surface area contributed by atoms with Crippen molar-refractivity contribution in [2.24, 2.45) is 10.3 Å². The molecule has 0 saturated carbocycles. The molecule has 63 valence electrons. The highest BCUT2D eigenvalue weighted by Crippen LogP contribution is 2.15. The standard InChI is InChI=1S/C6H5N2O3S/c7-12(10,11)6-3-1-2-5(4-6)8-9/h1,3-4H,(H2,7,10,11). The Balaban J connectivity index is 3.29. The second kappa shape index (κ2) is 3.00. The van der Waals surface area contributed by atoms with Crippen molar-refractivity contribution < 1.29 is 8.42 Å². The van der Waals surface area contributed by atoms with E-state index in [9.17, 15) is 13.3 Å². The number of sulfonamides is 1. The lowest BCUT2D eigenvalue weighted by molar-refractivity contribution is 0.598. The third-order valence-corrected chi connectivity index (χ3v) is 2.10. The third kappa shape index (κ3) is 1.86. The minimum Gasteiger partial charge on any atom is -0.225 e. The van der Waals surface area contributed by atoms with E-state index < -0.39 is 10.0 Å². The second-order valence-corrected chi connectivity index (χ2v) is 3.61. The smallest absolute Gasteiger partial charge is 0.225 e. The normalized spacial score (nSPS) is 11.1. The van der Waals surface area contributed by atoms with Gasteiger partial charge in [0.25, 0.3) is 0 Å². The number of nitrogens with two attached hydrogens (primary N) is 1. The van der Waals surface area contributed by atoms with E-state index in [-0.39, 0.29) is 10.6 Å². The Morgan fingerprint density at radius 2 is 2.17 bits per heavy atom. The molecule has 0 aromatic heterocycles. The van der Waals surface area contributed by atoms with Crippen molar-refractivity contribution in [3.8, 4) is 0 Å². The van der Waals surface area contributed by atoms with Crippen LogP contribution in [-0.2, 0) is 10.0 Å². The molecule has 0 bridgehead atoms. The first-order valence-corrected chi connectivity index (χ1v) is 4.46. The number of nitroso groups, excluding NO2 is 1. The van der Waals surface area contributed by atoms with E-state index in [2.05, 4.69) is 11.2 Å². The molecule has 1 rings (SSSR count). The molecule has 0 aliphatic rings. The molecule has 2 N–H and O–H groups in total. The summed E-state index contributed by atoms with van der Waals surface area (Å²) in [5.74, 6) is 0. The summed E-state index contributed by atoms with van der Waals surface area (Å²) in [5.41, 5.74) is -0.0819. The molecule has 0 saturated heterocycles. The van der Waals surface area contributed by atoms with Crippen LogP contribution in [0.5, 0.6) is 0 Å². The Morgan fingerprint density at radius 1 is 1.50 bits per heavy atom. The Bertz CT molecular complexity index is 399. The lowest BCUT2D eigenvalue weighted by Gasteiger charge is -1.95. The van der Waals surface area contributed by atoms with Crippen molar-refractivity contribution >= 4 is 15.7 Å². The highest BCUT2D eigenvalue weighted by atomic mass is 32.2. The molecule has 0 spiro atoms. The fourth-order valence-corrected chi connectivity index (χ4v) is 1.20. The summed E-state index contributed by atoms with van der Waals surface area (Å²) in [6.45, 7) is 0. The third-order valence-electron chi connectivity index (χ3n) is 1.18. The number of hydrogen-bond acceptors (Lipinski definition) is 4. The number of benzene rings is 1. The van der Waals surface area contributed by atoms with Gasteiger partial charge in [0, 0.05) is 6.07 Å². The molecule has 5 nitrogen and oxygen atoms in total. The largest absolute Gasteiger partial charge is 0.238 e. The number of primary sulfonamides is 1. The van der Waals surface area contributed by atoms with Gasteiger partial charge in [-0.05, 0) is 17.3 Å². The molecule has 12 heavy (non-hydrogen) atoms. The summed E-state index contributed by atoms with van der Waals surface area (Å²) in [7, 11) is -3.75. The van der Waals surface area contributed by atoms with Crippen molar-refractivity contribution in [3.05, 3.63) is 29.2 Å². The topological polar surface area (TPSA) is 89.6 Å². The van der Waals surface area contributed by atoms with E-state index in [4.69, 9.17) is 5.14 Å². The summed E-state index contributed by atoms with van der Waals surface area (Å²) >= 11 is 0. The maximum Gasteiger partial charge on any atom is 0.238 e. The molecule has 0 aliphatic heterocycles. The van der Waals surface area contributed by atoms with Gasteiger partial charge in [0.15, 0.2) is 0 Å². The predicted molar refractivity (Wildman–Crippen MR) is 42.1 cm³/mol. The van der Waals surface area contributed by atoms with Gasteiger partial charge in [-0.15, -0.1) is 4.91 Å². The zero-order chi connectivity index (χ0) is 9.19. The molecule has 1 radical (unpaired) electrons. The first-order valence-electron chi connectivity index (χ1n) is 2.92. The highest BCUT2D eigenvalue weighted by Gasteiger charge is 2.07. The summed E-state index contributed by atoms with van der Waals surface area (Å²) in [5, 5.41) is 7.31. The average molecular weight is 185 g/mol. The Hall–Kier alpha value is -1.27. The van der Waals surface area contributed by atoms with Gasteiger partial charge in [-0.1, -0.05) is 6.07 Å². The average Bonchev–Trinajstić information content (AvgIpc) is 2.03. The lowest BCUT2D eigenvalue weighted by Crippen LogP contribution is -2.11. The van der Waals surface area contributed by atoms with E-state index >= 15 is 0 Å². The van der Waals surface area contributed by atoms with Crippen molar-refractivity contribution in [3.63, 3.8) is 0 Å². The fourth-order valence-electron chi connectivity index (χ4n) is 0.663. The number of hydrogen-bond donors (Lipinski definition) is 1. The SMILES string of the molecule is NS(=O)(=O)c1cc[c]c(N=O)c1. The van der Waals surface area contributed by atoms with Crippen LogP contribution in [0.1, 0.15) is 0 Å². The molecule has 6 heteroatoms. The van der Waals surface area contributed by atoms with Crippen LogP contribution >= 0.6 is 0 Å². The van der Waals surface area contributed by atoms with E-state index in [0.29, 0.717) is 0 Å². The molecule has 0 aliphatic carbocycles.